The molecular weight excluding hydrogens is 326 g/mol. The molecule has 0 saturated carbocycles. The number of amides is 2. The number of anilines is 3. The minimum Gasteiger partial charge on any atom is -0.308 e. The van der Waals surface area contributed by atoms with E-state index in [-0.39, 0.29) is 11.8 Å². The Labute approximate surface area is 141 Å². The molecule has 1 saturated heterocycles. The molecule has 7 heteroatoms. The quantitative estimate of drug-likeness (QED) is 0.896. The highest BCUT2D eigenvalue weighted by atomic mass is 32.2. The van der Waals surface area contributed by atoms with Gasteiger partial charge in [-0.05, 0) is 43.2 Å². The number of nitrogens with one attached hydrogen (secondary N) is 2. The highest BCUT2D eigenvalue weighted by molar-refractivity contribution is 7.92. The molecule has 1 heterocycles. The number of para-hydroxylation sites is 1. The van der Waals surface area contributed by atoms with Gasteiger partial charge < -0.3 is 10.6 Å². The van der Waals surface area contributed by atoms with Gasteiger partial charge in [0.1, 0.15) is 0 Å². The summed E-state index contributed by atoms with van der Waals surface area (Å²) >= 11 is 0. The molecule has 2 N–H and O–H groups in total. The van der Waals surface area contributed by atoms with E-state index in [2.05, 4.69) is 10.6 Å². The molecule has 6 nitrogen and oxygen atoms in total. The fraction of sp³-hybridized carbons (Fsp3) is 0.235. The minimum atomic E-state index is -3.27. The SMILES string of the molecule is O=C(Nc1ccccc1)Nc1cccc(N2CCCCS2(=O)=O)c1. The predicted octanol–water partition coefficient (Wildman–Crippen LogP) is 3.26. The Morgan fingerprint density at radius 2 is 1.62 bits per heavy atom. The van der Waals surface area contributed by atoms with Crippen molar-refractivity contribution in [2.75, 3.05) is 27.2 Å². The van der Waals surface area contributed by atoms with E-state index >= 15 is 0 Å². The lowest BCUT2D eigenvalue weighted by Crippen LogP contribution is -2.37. The van der Waals surface area contributed by atoms with E-state index in [4.69, 9.17) is 0 Å². The molecule has 1 fully saturated rings. The summed E-state index contributed by atoms with van der Waals surface area (Å²) in [6.07, 6.45) is 1.53. The van der Waals surface area contributed by atoms with Crippen LogP contribution in [0, 0.1) is 0 Å². The second-order valence-electron chi connectivity index (χ2n) is 5.59. The van der Waals surface area contributed by atoms with Crippen molar-refractivity contribution >= 4 is 33.1 Å². The Balaban J connectivity index is 1.72. The van der Waals surface area contributed by atoms with Crippen molar-refractivity contribution in [2.45, 2.75) is 12.8 Å². The molecule has 1 aliphatic rings. The first kappa shape index (κ1) is 16.3. The van der Waals surface area contributed by atoms with Crippen LogP contribution in [0.4, 0.5) is 21.9 Å². The maximum Gasteiger partial charge on any atom is 0.323 e. The molecule has 2 aromatic rings. The molecule has 3 rings (SSSR count). The van der Waals surface area contributed by atoms with E-state index in [1.807, 2.05) is 18.2 Å². The zero-order chi connectivity index (χ0) is 17.0. The van der Waals surface area contributed by atoms with Gasteiger partial charge in [0.2, 0.25) is 10.0 Å². The van der Waals surface area contributed by atoms with Crippen LogP contribution in [0.2, 0.25) is 0 Å². The van der Waals surface area contributed by atoms with Gasteiger partial charge in [-0.2, -0.15) is 0 Å². The van der Waals surface area contributed by atoms with Crippen LogP contribution in [0.5, 0.6) is 0 Å². The van der Waals surface area contributed by atoms with Gasteiger partial charge in [0.05, 0.1) is 11.4 Å². The first-order chi connectivity index (χ1) is 11.5. The monoisotopic (exact) mass is 345 g/mol. The third kappa shape index (κ3) is 3.86. The Hall–Kier alpha value is -2.54. The number of sulfonamides is 1. The number of hydrogen-bond acceptors (Lipinski definition) is 3. The first-order valence-corrected chi connectivity index (χ1v) is 9.39. The van der Waals surface area contributed by atoms with Gasteiger partial charge in [0.25, 0.3) is 0 Å². The van der Waals surface area contributed by atoms with E-state index in [1.165, 1.54) is 4.31 Å². The van der Waals surface area contributed by atoms with Gasteiger partial charge in [-0.1, -0.05) is 24.3 Å². The van der Waals surface area contributed by atoms with Gasteiger partial charge in [0, 0.05) is 17.9 Å². The number of carbonyl (C=O) groups is 1. The van der Waals surface area contributed by atoms with Crippen LogP contribution in [0.1, 0.15) is 12.8 Å². The van der Waals surface area contributed by atoms with E-state index < -0.39 is 10.0 Å². The number of urea groups is 1. The Kier molecular flexibility index (Phi) is 4.71. The highest BCUT2D eigenvalue weighted by Crippen LogP contribution is 2.26. The summed E-state index contributed by atoms with van der Waals surface area (Å²) in [4.78, 5) is 12.0. The molecule has 126 valence electrons. The summed E-state index contributed by atoms with van der Waals surface area (Å²) in [7, 11) is -3.27. The van der Waals surface area contributed by atoms with Crippen LogP contribution in [0.3, 0.4) is 0 Å². The average molecular weight is 345 g/mol. The molecule has 0 spiro atoms. The summed E-state index contributed by atoms with van der Waals surface area (Å²) in [6.45, 7) is 0.474. The second-order valence-corrected chi connectivity index (χ2v) is 7.60. The Morgan fingerprint density at radius 3 is 2.38 bits per heavy atom. The highest BCUT2D eigenvalue weighted by Gasteiger charge is 2.26. The predicted molar refractivity (Wildman–Crippen MR) is 95.9 cm³/mol. The maximum absolute atomic E-state index is 12.2. The van der Waals surface area contributed by atoms with Crippen molar-refractivity contribution in [3.05, 3.63) is 54.6 Å². The molecule has 0 aromatic heterocycles. The van der Waals surface area contributed by atoms with Crippen molar-refractivity contribution < 1.29 is 13.2 Å². The van der Waals surface area contributed by atoms with E-state index in [9.17, 15) is 13.2 Å². The maximum atomic E-state index is 12.2. The molecule has 0 atom stereocenters. The van der Waals surface area contributed by atoms with Crippen molar-refractivity contribution in [1.29, 1.82) is 0 Å². The third-order valence-corrected chi connectivity index (χ3v) is 5.64. The van der Waals surface area contributed by atoms with Gasteiger partial charge in [0.15, 0.2) is 0 Å². The van der Waals surface area contributed by atoms with Crippen LogP contribution < -0.4 is 14.9 Å². The summed E-state index contributed by atoms with van der Waals surface area (Å²) in [5.74, 6) is 0.166. The number of rotatable bonds is 3. The van der Waals surface area contributed by atoms with Crippen molar-refractivity contribution in [2.24, 2.45) is 0 Å². The van der Waals surface area contributed by atoms with E-state index in [1.54, 1.807) is 36.4 Å². The molecule has 2 amide bonds. The van der Waals surface area contributed by atoms with Crippen molar-refractivity contribution in [3.8, 4) is 0 Å². The number of benzene rings is 2. The van der Waals surface area contributed by atoms with Crippen LogP contribution in [-0.2, 0) is 10.0 Å². The Bertz CT molecular complexity index is 822. The molecule has 24 heavy (non-hydrogen) atoms. The fourth-order valence-corrected chi connectivity index (χ4v) is 4.26. The molecule has 0 unspecified atom stereocenters. The summed E-state index contributed by atoms with van der Waals surface area (Å²) in [6, 6.07) is 15.6. The first-order valence-electron chi connectivity index (χ1n) is 7.78. The van der Waals surface area contributed by atoms with Gasteiger partial charge in [-0.3, -0.25) is 4.31 Å². The largest absolute Gasteiger partial charge is 0.323 e. The number of nitrogens with zero attached hydrogens (tertiary/aromatic N) is 1. The van der Waals surface area contributed by atoms with Gasteiger partial charge in [-0.15, -0.1) is 0 Å². The smallest absolute Gasteiger partial charge is 0.308 e. The second kappa shape index (κ2) is 6.92. The molecule has 0 radical (unpaired) electrons. The number of hydrogen-bond donors (Lipinski definition) is 2. The lowest BCUT2D eigenvalue weighted by molar-refractivity contribution is 0.262. The van der Waals surface area contributed by atoms with Crippen LogP contribution in [0.15, 0.2) is 54.6 Å². The molecule has 0 bridgehead atoms. The van der Waals surface area contributed by atoms with E-state index in [0.29, 0.717) is 30.0 Å². The van der Waals surface area contributed by atoms with Crippen molar-refractivity contribution in [3.63, 3.8) is 0 Å². The standard InChI is InChI=1S/C17H19N3O3S/c21-17(18-14-7-2-1-3-8-14)19-15-9-6-10-16(13-15)20-11-4-5-12-24(20,22)23/h1-3,6-10,13H,4-5,11-12H2,(H2,18,19,21). The third-order valence-electron chi connectivity index (χ3n) is 3.77. The topological polar surface area (TPSA) is 78.5 Å². The van der Waals surface area contributed by atoms with Gasteiger partial charge >= 0.3 is 6.03 Å². The number of carbonyl (C=O) groups excluding carboxylic acids is 1. The van der Waals surface area contributed by atoms with Gasteiger partial charge in [-0.25, -0.2) is 13.2 Å². The summed E-state index contributed by atoms with van der Waals surface area (Å²) in [5.41, 5.74) is 1.80. The molecule has 2 aromatic carbocycles. The lowest BCUT2D eigenvalue weighted by atomic mass is 10.2. The minimum absolute atomic E-state index is 0.166. The summed E-state index contributed by atoms with van der Waals surface area (Å²) < 4.78 is 25.8. The summed E-state index contributed by atoms with van der Waals surface area (Å²) in [5, 5.41) is 5.45. The molecule has 0 aliphatic carbocycles. The van der Waals surface area contributed by atoms with Crippen LogP contribution >= 0.6 is 0 Å². The zero-order valence-electron chi connectivity index (χ0n) is 13.1. The molecule has 1 aliphatic heterocycles. The van der Waals surface area contributed by atoms with Crippen molar-refractivity contribution in [1.82, 2.24) is 0 Å². The zero-order valence-corrected chi connectivity index (χ0v) is 13.9. The Morgan fingerprint density at radius 1 is 0.917 bits per heavy atom. The van der Waals surface area contributed by atoms with Crippen LogP contribution in [0.25, 0.3) is 0 Å². The van der Waals surface area contributed by atoms with Crippen LogP contribution in [-0.4, -0.2) is 26.7 Å². The van der Waals surface area contributed by atoms with E-state index in [0.717, 1.165) is 6.42 Å². The fourth-order valence-electron chi connectivity index (χ4n) is 2.63. The lowest BCUT2D eigenvalue weighted by Gasteiger charge is -2.28. The average Bonchev–Trinajstić information content (AvgIpc) is 2.55. The molecular formula is C17H19N3O3S. The normalized spacial score (nSPS) is 16.4.